The monoisotopic (exact) mass is 275 g/mol. The summed E-state index contributed by atoms with van der Waals surface area (Å²) >= 11 is 0. The van der Waals surface area contributed by atoms with Crippen LogP contribution in [0.15, 0.2) is 24.4 Å². The van der Waals surface area contributed by atoms with Crippen LogP contribution in [0.2, 0.25) is 0 Å². The van der Waals surface area contributed by atoms with Crippen LogP contribution in [0, 0.1) is 11.3 Å². The van der Waals surface area contributed by atoms with Crippen molar-refractivity contribution in [2.24, 2.45) is 11.3 Å². The van der Waals surface area contributed by atoms with Gasteiger partial charge in [-0.2, -0.15) is 0 Å². The Bertz CT molecular complexity index is 402. The second kappa shape index (κ2) is 6.68. The summed E-state index contributed by atoms with van der Waals surface area (Å²) in [5, 5.41) is 3.56. The highest BCUT2D eigenvalue weighted by Crippen LogP contribution is 2.41. The van der Waals surface area contributed by atoms with Crippen LogP contribution in [0.5, 0.6) is 0 Å². The van der Waals surface area contributed by atoms with E-state index in [1.54, 1.807) is 0 Å². The first-order valence-electron chi connectivity index (χ1n) is 7.86. The van der Waals surface area contributed by atoms with Gasteiger partial charge in [-0.1, -0.05) is 26.8 Å². The third kappa shape index (κ3) is 3.58. The number of pyridine rings is 1. The molecule has 1 aromatic rings. The molecule has 0 radical (unpaired) electrons. The molecule has 0 aliphatic heterocycles. The van der Waals surface area contributed by atoms with E-state index >= 15 is 0 Å². The van der Waals surface area contributed by atoms with E-state index in [-0.39, 0.29) is 0 Å². The molecule has 1 fully saturated rings. The van der Waals surface area contributed by atoms with Crippen molar-refractivity contribution in [2.75, 3.05) is 20.1 Å². The highest BCUT2D eigenvalue weighted by atomic mass is 15.1. The molecule has 1 saturated carbocycles. The minimum absolute atomic E-state index is 0.420. The Hall–Kier alpha value is -0.930. The Kier molecular flexibility index (Phi) is 5.17. The largest absolute Gasteiger partial charge is 0.316 e. The van der Waals surface area contributed by atoms with Gasteiger partial charge >= 0.3 is 0 Å². The summed E-state index contributed by atoms with van der Waals surface area (Å²) in [5.41, 5.74) is 1.59. The first-order valence-corrected chi connectivity index (χ1v) is 7.86. The molecule has 112 valence electrons. The lowest BCUT2D eigenvalue weighted by atomic mass is 9.85. The minimum atomic E-state index is 0.420. The zero-order valence-electron chi connectivity index (χ0n) is 13.4. The van der Waals surface area contributed by atoms with Crippen molar-refractivity contribution in [3.8, 4) is 0 Å². The third-order valence-corrected chi connectivity index (χ3v) is 4.84. The maximum Gasteiger partial charge on any atom is 0.0543 e. The summed E-state index contributed by atoms with van der Waals surface area (Å²) in [6.45, 7) is 10.3. The smallest absolute Gasteiger partial charge is 0.0543 e. The van der Waals surface area contributed by atoms with E-state index in [9.17, 15) is 0 Å². The quantitative estimate of drug-likeness (QED) is 0.865. The molecule has 2 unspecified atom stereocenters. The van der Waals surface area contributed by atoms with Gasteiger partial charge in [0.1, 0.15) is 0 Å². The predicted molar refractivity (Wildman–Crippen MR) is 84.5 cm³/mol. The lowest BCUT2D eigenvalue weighted by Crippen LogP contribution is -2.44. The molecule has 1 aromatic heterocycles. The zero-order chi connectivity index (χ0) is 14.6. The van der Waals surface area contributed by atoms with Gasteiger partial charge in [0, 0.05) is 25.3 Å². The second-order valence-electron chi connectivity index (χ2n) is 6.70. The molecule has 0 spiro atoms. The van der Waals surface area contributed by atoms with Gasteiger partial charge in [0.05, 0.1) is 5.69 Å². The van der Waals surface area contributed by atoms with Crippen molar-refractivity contribution in [2.45, 2.75) is 46.2 Å². The van der Waals surface area contributed by atoms with Gasteiger partial charge in [-0.05, 0) is 49.9 Å². The van der Waals surface area contributed by atoms with Gasteiger partial charge in [-0.25, -0.2) is 0 Å². The first-order chi connectivity index (χ1) is 9.56. The fraction of sp³-hybridized carbons (Fsp3) is 0.706. The van der Waals surface area contributed by atoms with Crippen LogP contribution in [-0.2, 0) is 6.54 Å². The van der Waals surface area contributed by atoms with Crippen molar-refractivity contribution < 1.29 is 0 Å². The Morgan fingerprint density at radius 3 is 2.80 bits per heavy atom. The van der Waals surface area contributed by atoms with Gasteiger partial charge in [0.15, 0.2) is 0 Å². The van der Waals surface area contributed by atoms with E-state index in [0.29, 0.717) is 11.5 Å². The third-order valence-electron chi connectivity index (χ3n) is 4.84. The topological polar surface area (TPSA) is 28.2 Å². The molecular weight excluding hydrogens is 246 g/mol. The molecule has 2 rings (SSSR count). The SMILES string of the molecule is CCN(Cc1ccccn1)CC1CCC(C)(C)C1NC. The highest BCUT2D eigenvalue weighted by molar-refractivity contribution is 5.04. The van der Waals surface area contributed by atoms with Gasteiger partial charge in [-0.3, -0.25) is 9.88 Å². The summed E-state index contributed by atoms with van der Waals surface area (Å²) in [6, 6.07) is 6.80. The summed E-state index contributed by atoms with van der Waals surface area (Å²) < 4.78 is 0. The first kappa shape index (κ1) is 15.5. The van der Waals surface area contributed by atoms with E-state index in [0.717, 1.165) is 19.0 Å². The minimum Gasteiger partial charge on any atom is -0.316 e. The molecule has 0 aromatic carbocycles. The molecule has 1 aliphatic rings. The van der Waals surface area contributed by atoms with Crippen molar-refractivity contribution in [3.63, 3.8) is 0 Å². The van der Waals surface area contributed by atoms with Crippen LogP contribution in [-0.4, -0.2) is 36.1 Å². The number of nitrogens with zero attached hydrogens (tertiary/aromatic N) is 2. The molecule has 0 bridgehead atoms. The predicted octanol–water partition coefficient (Wildman–Crippen LogP) is 2.93. The fourth-order valence-electron chi connectivity index (χ4n) is 3.70. The molecule has 20 heavy (non-hydrogen) atoms. The van der Waals surface area contributed by atoms with E-state index in [2.05, 4.69) is 55.2 Å². The molecular formula is C17H29N3. The molecule has 0 saturated heterocycles. The van der Waals surface area contributed by atoms with Crippen LogP contribution in [0.3, 0.4) is 0 Å². The average Bonchev–Trinajstić information content (AvgIpc) is 2.73. The summed E-state index contributed by atoms with van der Waals surface area (Å²) in [6.07, 6.45) is 4.54. The number of aromatic nitrogens is 1. The molecule has 1 aliphatic carbocycles. The molecule has 2 atom stereocenters. The Morgan fingerprint density at radius 2 is 2.20 bits per heavy atom. The number of nitrogens with one attached hydrogen (secondary N) is 1. The Balaban J connectivity index is 1.97. The molecule has 3 nitrogen and oxygen atoms in total. The van der Waals surface area contributed by atoms with Gasteiger partial charge in [-0.15, -0.1) is 0 Å². The number of hydrogen-bond donors (Lipinski definition) is 1. The van der Waals surface area contributed by atoms with Gasteiger partial charge in [0.25, 0.3) is 0 Å². The van der Waals surface area contributed by atoms with Crippen LogP contribution in [0.25, 0.3) is 0 Å². The van der Waals surface area contributed by atoms with E-state index in [1.165, 1.54) is 25.1 Å². The van der Waals surface area contributed by atoms with Crippen LogP contribution >= 0.6 is 0 Å². The number of hydrogen-bond acceptors (Lipinski definition) is 3. The standard InChI is InChI=1S/C17H29N3/c1-5-20(13-15-8-6-7-11-19-15)12-14-9-10-17(2,3)16(14)18-4/h6-8,11,14,16,18H,5,9-10,12-13H2,1-4H3. The normalized spacial score (nSPS) is 25.2. The maximum absolute atomic E-state index is 4.45. The average molecular weight is 275 g/mol. The number of rotatable bonds is 6. The van der Waals surface area contributed by atoms with Crippen LogP contribution in [0.4, 0.5) is 0 Å². The van der Waals surface area contributed by atoms with E-state index < -0.39 is 0 Å². The lowest BCUT2D eigenvalue weighted by Gasteiger charge is -2.33. The van der Waals surface area contributed by atoms with Crippen molar-refractivity contribution in [1.29, 1.82) is 0 Å². The molecule has 1 N–H and O–H groups in total. The van der Waals surface area contributed by atoms with Gasteiger partial charge in [0.2, 0.25) is 0 Å². The lowest BCUT2D eigenvalue weighted by molar-refractivity contribution is 0.188. The van der Waals surface area contributed by atoms with Crippen molar-refractivity contribution in [1.82, 2.24) is 15.2 Å². The van der Waals surface area contributed by atoms with Gasteiger partial charge < -0.3 is 5.32 Å². The molecule has 3 heteroatoms. The second-order valence-corrected chi connectivity index (χ2v) is 6.70. The van der Waals surface area contributed by atoms with Crippen molar-refractivity contribution in [3.05, 3.63) is 30.1 Å². The zero-order valence-corrected chi connectivity index (χ0v) is 13.4. The Labute approximate surface area is 123 Å². The highest BCUT2D eigenvalue weighted by Gasteiger charge is 2.41. The summed E-state index contributed by atoms with van der Waals surface area (Å²) in [5.74, 6) is 0.749. The van der Waals surface area contributed by atoms with Crippen LogP contribution < -0.4 is 5.32 Å². The Morgan fingerprint density at radius 1 is 1.40 bits per heavy atom. The summed E-state index contributed by atoms with van der Waals surface area (Å²) in [4.78, 5) is 6.98. The molecule has 1 heterocycles. The van der Waals surface area contributed by atoms with Crippen LogP contribution in [0.1, 0.15) is 39.3 Å². The maximum atomic E-state index is 4.45. The molecule has 0 amide bonds. The summed E-state index contributed by atoms with van der Waals surface area (Å²) in [7, 11) is 2.11. The fourth-order valence-corrected chi connectivity index (χ4v) is 3.70. The van der Waals surface area contributed by atoms with Crippen molar-refractivity contribution >= 4 is 0 Å². The van der Waals surface area contributed by atoms with E-state index in [4.69, 9.17) is 0 Å². The van der Waals surface area contributed by atoms with E-state index in [1.807, 2.05) is 12.3 Å².